The molecule has 2 rings (SSSR count). The number of hydrogen-bond acceptors (Lipinski definition) is 3. The Labute approximate surface area is 123 Å². The molecule has 0 unspecified atom stereocenters. The third-order valence-electron chi connectivity index (χ3n) is 2.68. The highest BCUT2D eigenvalue weighted by Gasteiger charge is 2.03. The van der Waals surface area contributed by atoms with Gasteiger partial charge in [-0.15, -0.1) is 0 Å². The monoisotopic (exact) mass is 285 g/mol. The van der Waals surface area contributed by atoms with E-state index in [1.54, 1.807) is 0 Å². The molecule has 2 aromatic carbocycles. The molecule has 0 spiro atoms. The predicted octanol–water partition coefficient (Wildman–Crippen LogP) is 2.69. The second-order valence-corrected chi connectivity index (χ2v) is 4.24. The van der Waals surface area contributed by atoms with Gasteiger partial charge in [-0.25, -0.2) is 4.39 Å². The van der Waals surface area contributed by atoms with Crippen molar-refractivity contribution in [1.29, 1.82) is 0 Å². The van der Waals surface area contributed by atoms with Crippen molar-refractivity contribution in [2.24, 2.45) is 5.73 Å². The molecule has 0 saturated carbocycles. The lowest BCUT2D eigenvalue weighted by molar-refractivity contribution is 0.00486. The Kier molecular flexibility index (Phi) is 5.77. The Morgan fingerprint density at radius 2 is 1.90 bits per heavy atom. The number of halogens is 1. The first-order valence-corrected chi connectivity index (χ1v) is 6.52. The first-order chi connectivity index (χ1) is 10.3. The van der Waals surface area contributed by atoms with Gasteiger partial charge in [0.2, 0.25) is 0 Å². The molecule has 3 nitrogen and oxygen atoms in total. The van der Waals surface area contributed by atoms with Crippen molar-refractivity contribution in [3.8, 4) is 17.6 Å². The van der Waals surface area contributed by atoms with Crippen LogP contribution in [0.1, 0.15) is 11.1 Å². The second kappa shape index (κ2) is 8.05. The van der Waals surface area contributed by atoms with Crippen LogP contribution >= 0.6 is 0 Å². The minimum Gasteiger partial charge on any atom is -0.466 e. The zero-order valence-electron chi connectivity index (χ0n) is 11.5. The van der Waals surface area contributed by atoms with Crippen LogP contribution in [0, 0.1) is 17.7 Å². The van der Waals surface area contributed by atoms with Gasteiger partial charge >= 0.3 is 0 Å². The average Bonchev–Trinajstić information content (AvgIpc) is 2.52. The van der Waals surface area contributed by atoms with Crippen LogP contribution in [0.5, 0.6) is 5.75 Å². The maximum atomic E-state index is 13.2. The molecule has 0 heterocycles. The van der Waals surface area contributed by atoms with Crippen molar-refractivity contribution < 1.29 is 13.9 Å². The van der Waals surface area contributed by atoms with E-state index in [0.29, 0.717) is 17.9 Å². The van der Waals surface area contributed by atoms with Gasteiger partial charge in [-0.2, -0.15) is 0 Å². The highest BCUT2D eigenvalue weighted by atomic mass is 19.1. The highest BCUT2D eigenvalue weighted by molar-refractivity contribution is 5.46. The highest BCUT2D eigenvalue weighted by Crippen LogP contribution is 2.18. The lowest BCUT2D eigenvalue weighted by atomic mass is 10.2. The van der Waals surface area contributed by atoms with E-state index < -0.39 is 0 Å². The number of benzene rings is 2. The van der Waals surface area contributed by atoms with Crippen molar-refractivity contribution in [2.75, 3.05) is 13.3 Å². The number of rotatable bonds is 5. The van der Waals surface area contributed by atoms with E-state index in [1.165, 1.54) is 18.2 Å². The molecule has 2 aromatic rings. The van der Waals surface area contributed by atoms with Gasteiger partial charge in [-0.1, -0.05) is 42.2 Å². The molecular weight excluding hydrogens is 269 g/mol. The Morgan fingerprint density at radius 1 is 1.10 bits per heavy atom. The standard InChI is InChI=1S/C17H16FNO2/c18-16-8-9-17(15(11-16)7-4-10-19)21-13-20-12-14-5-2-1-3-6-14/h1-3,5-6,8-9,11H,10,12-13,19H2. The van der Waals surface area contributed by atoms with Crippen molar-refractivity contribution in [2.45, 2.75) is 6.61 Å². The molecule has 0 saturated heterocycles. The first kappa shape index (κ1) is 15.0. The normalized spacial score (nSPS) is 9.81. The summed E-state index contributed by atoms with van der Waals surface area (Å²) in [6.45, 7) is 0.726. The summed E-state index contributed by atoms with van der Waals surface area (Å²) in [4.78, 5) is 0. The zero-order chi connectivity index (χ0) is 14.9. The summed E-state index contributed by atoms with van der Waals surface area (Å²) in [5, 5.41) is 0. The molecule has 0 radical (unpaired) electrons. The SMILES string of the molecule is NCC#Cc1cc(F)ccc1OCOCc1ccccc1. The first-order valence-electron chi connectivity index (χ1n) is 6.52. The van der Waals surface area contributed by atoms with Gasteiger partial charge in [0.1, 0.15) is 11.6 Å². The quantitative estimate of drug-likeness (QED) is 0.522. The van der Waals surface area contributed by atoms with Crippen LogP contribution in [0.25, 0.3) is 0 Å². The molecule has 0 fully saturated rings. The smallest absolute Gasteiger partial charge is 0.189 e. The number of hydrogen-bond donors (Lipinski definition) is 1. The molecule has 21 heavy (non-hydrogen) atoms. The van der Waals surface area contributed by atoms with Gasteiger partial charge in [0.15, 0.2) is 6.79 Å². The van der Waals surface area contributed by atoms with Crippen LogP contribution in [0.2, 0.25) is 0 Å². The summed E-state index contributed by atoms with van der Waals surface area (Å²) >= 11 is 0. The molecule has 0 aromatic heterocycles. The van der Waals surface area contributed by atoms with E-state index in [2.05, 4.69) is 11.8 Å². The van der Waals surface area contributed by atoms with E-state index in [-0.39, 0.29) is 19.2 Å². The third-order valence-corrected chi connectivity index (χ3v) is 2.68. The fourth-order valence-electron chi connectivity index (χ4n) is 1.71. The largest absolute Gasteiger partial charge is 0.466 e. The second-order valence-electron chi connectivity index (χ2n) is 4.24. The Balaban J connectivity index is 1.91. The van der Waals surface area contributed by atoms with E-state index in [0.717, 1.165) is 5.56 Å². The lowest BCUT2D eigenvalue weighted by Crippen LogP contribution is -2.04. The van der Waals surface area contributed by atoms with Crippen LogP contribution in [-0.4, -0.2) is 13.3 Å². The van der Waals surface area contributed by atoms with Crippen LogP contribution in [-0.2, 0) is 11.3 Å². The van der Waals surface area contributed by atoms with Crippen LogP contribution in [0.3, 0.4) is 0 Å². The number of nitrogens with two attached hydrogens (primary N) is 1. The van der Waals surface area contributed by atoms with Crippen LogP contribution < -0.4 is 10.5 Å². The molecule has 0 amide bonds. The number of ether oxygens (including phenoxy) is 2. The van der Waals surface area contributed by atoms with Crippen molar-refractivity contribution in [3.05, 3.63) is 65.5 Å². The molecule has 2 N–H and O–H groups in total. The van der Waals surface area contributed by atoms with Gasteiger partial charge in [0, 0.05) is 0 Å². The van der Waals surface area contributed by atoms with E-state index in [4.69, 9.17) is 15.2 Å². The van der Waals surface area contributed by atoms with Gasteiger partial charge in [0.05, 0.1) is 18.7 Å². The van der Waals surface area contributed by atoms with E-state index in [1.807, 2.05) is 30.3 Å². The Morgan fingerprint density at radius 3 is 2.67 bits per heavy atom. The third kappa shape index (κ3) is 4.92. The van der Waals surface area contributed by atoms with Crippen LogP contribution in [0.4, 0.5) is 4.39 Å². The van der Waals surface area contributed by atoms with Crippen LogP contribution in [0.15, 0.2) is 48.5 Å². The summed E-state index contributed by atoms with van der Waals surface area (Å²) in [6, 6.07) is 13.9. The Bertz CT molecular complexity index is 632. The van der Waals surface area contributed by atoms with Gasteiger partial charge in [0.25, 0.3) is 0 Å². The zero-order valence-corrected chi connectivity index (χ0v) is 11.5. The molecule has 4 heteroatoms. The fraction of sp³-hybridized carbons (Fsp3) is 0.176. The topological polar surface area (TPSA) is 44.5 Å². The summed E-state index contributed by atoms with van der Waals surface area (Å²) < 4.78 is 24.1. The van der Waals surface area contributed by atoms with Gasteiger partial charge in [-0.05, 0) is 23.8 Å². The summed E-state index contributed by atoms with van der Waals surface area (Å²) in [5.74, 6) is 5.57. The molecule has 108 valence electrons. The summed E-state index contributed by atoms with van der Waals surface area (Å²) in [7, 11) is 0. The van der Waals surface area contributed by atoms with Gasteiger partial charge < -0.3 is 15.2 Å². The van der Waals surface area contributed by atoms with Crippen molar-refractivity contribution in [1.82, 2.24) is 0 Å². The molecule has 0 aliphatic rings. The summed E-state index contributed by atoms with van der Waals surface area (Å²) in [5.41, 5.74) is 6.84. The van der Waals surface area contributed by atoms with E-state index in [9.17, 15) is 4.39 Å². The molecule has 0 bridgehead atoms. The average molecular weight is 285 g/mol. The molecule has 0 atom stereocenters. The molecule has 0 aliphatic carbocycles. The molecular formula is C17H16FNO2. The lowest BCUT2D eigenvalue weighted by Gasteiger charge is -2.09. The minimum atomic E-state index is -0.367. The van der Waals surface area contributed by atoms with E-state index >= 15 is 0 Å². The Hall–Kier alpha value is -2.35. The fourth-order valence-corrected chi connectivity index (χ4v) is 1.71. The van der Waals surface area contributed by atoms with Crippen molar-refractivity contribution >= 4 is 0 Å². The van der Waals surface area contributed by atoms with Crippen molar-refractivity contribution in [3.63, 3.8) is 0 Å². The maximum Gasteiger partial charge on any atom is 0.189 e. The predicted molar refractivity (Wildman–Crippen MR) is 79.1 cm³/mol. The summed E-state index contributed by atoms with van der Waals surface area (Å²) in [6.07, 6.45) is 0. The minimum absolute atomic E-state index is 0.0673. The molecule has 0 aliphatic heterocycles. The maximum absolute atomic E-state index is 13.2. The van der Waals surface area contributed by atoms with Gasteiger partial charge in [-0.3, -0.25) is 0 Å².